The van der Waals surface area contributed by atoms with E-state index in [1.807, 2.05) is 19.2 Å². The van der Waals surface area contributed by atoms with E-state index in [9.17, 15) is 15.3 Å². The standard InChI is InChI=1S/C54H60N2O2.C24H24O.C5H12N/c1-51(2,3)37-29-35(49(57)47(31-37)53(7)43-23-15-11-19-39(43)40-20-12-16-24-44(40)53)33-55(9)27-28-56(10)34-36-30-38(52(4,5)6)32-48(50(36)58)54(8)45-25-17-13-21-41(45)42-22-14-18-26-46(42)54;1-23(2,3)16-13-14-22(25)21(15-16)24(4)19-11-7-5-9-17(19)18-10-6-8-12-20(18)24;1-3-4-5-6-2/h11-26,29-32,57-58H,27-28,33-34H2,1-10H3;5-15,25H,1-4H3;6H,1,3-5H2,2H3/q;;+1. The molecule has 6 heteroatoms. The van der Waals surface area contributed by atoms with Gasteiger partial charge in [-0.2, -0.15) is 0 Å². The van der Waals surface area contributed by atoms with Crippen molar-refractivity contribution in [2.24, 2.45) is 0 Å². The highest BCUT2D eigenvalue weighted by Gasteiger charge is 2.46. The molecule has 0 saturated heterocycles. The van der Waals surface area contributed by atoms with E-state index in [4.69, 9.17) is 0 Å². The van der Waals surface area contributed by atoms with Gasteiger partial charge in [0.15, 0.2) is 0 Å². The fraction of sp³-hybridized carbons (Fsp3) is 0.337. The lowest BCUT2D eigenvalue weighted by molar-refractivity contribution is 0.243. The molecule has 12 rings (SSSR count). The Balaban J connectivity index is 0.000000231. The van der Waals surface area contributed by atoms with Crippen molar-refractivity contribution >= 4 is 0 Å². The summed E-state index contributed by atoms with van der Waals surface area (Å²) in [6, 6.07) is 66.8. The quantitative estimate of drug-likeness (QED) is 0.0681. The molecule has 4 N–H and O–H groups in total. The molecule has 0 amide bonds. The van der Waals surface area contributed by atoms with Crippen LogP contribution in [0.1, 0.15) is 174 Å². The summed E-state index contributed by atoms with van der Waals surface area (Å²) >= 11 is 0. The summed E-state index contributed by atoms with van der Waals surface area (Å²) in [5, 5.41) is 38.4. The summed E-state index contributed by atoms with van der Waals surface area (Å²) in [5.74, 6) is 1.12. The van der Waals surface area contributed by atoms with Gasteiger partial charge in [-0.15, -0.1) is 0 Å². The zero-order valence-electron chi connectivity index (χ0n) is 55.8. The van der Waals surface area contributed by atoms with Crippen LogP contribution in [-0.4, -0.2) is 65.9 Å². The fourth-order valence-corrected chi connectivity index (χ4v) is 14.3. The molecule has 6 nitrogen and oxygen atoms in total. The summed E-state index contributed by atoms with van der Waals surface area (Å²) < 4.78 is 0. The van der Waals surface area contributed by atoms with E-state index < -0.39 is 10.8 Å². The number of benzene rings is 9. The molecule has 0 atom stereocenters. The summed E-state index contributed by atoms with van der Waals surface area (Å²) in [4.78, 5) is 4.62. The molecule has 3 aliphatic carbocycles. The molecule has 0 aromatic heterocycles. The van der Waals surface area contributed by atoms with Gasteiger partial charge in [0.1, 0.15) is 17.2 Å². The Kier molecular flexibility index (Phi) is 17.9. The predicted octanol–water partition coefficient (Wildman–Crippen LogP) is 18.8. The number of hydrogen-bond donors (Lipinski definition) is 4. The van der Waals surface area contributed by atoms with E-state index in [0.29, 0.717) is 30.3 Å². The van der Waals surface area contributed by atoms with Crippen molar-refractivity contribution in [1.29, 1.82) is 0 Å². The SMILES string of the molecule is CC(C)(C)c1ccc(O)c(C2(C)c3ccccc3-c3ccccc32)c1.CN(CCN(C)Cc1cc(C(C)(C)C)cc(C2(C)c3ccccc3-c3ccccc32)c1O)Cc1cc(C(C)(C)C)cc(C2(C)c3ccccc3-c3ccccc32)c1O.[CH2+]CCCNC. The van der Waals surface area contributed by atoms with Gasteiger partial charge in [-0.05, 0) is 161 Å². The van der Waals surface area contributed by atoms with Gasteiger partial charge in [-0.1, -0.05) is 244 Å². The molecule has 0 bridgehead atoms. The molecule has 0 aliphatic heterocycles. The first-order valence-corrected chi connectivity index (χ1v) is 32.2. The number of phenolic OH excluding ortho intramolecular Hbond substituents is 3. The maximum Gasteiger partial charge on any atom is 0.124 e. The van der Waals surface area contributed by atoms with Crippen LogP contribution in [0, 0.1) is 6.92 Å². The van der Waals surface area contributed by atoms with E-state index in [1.165, 1.54) is 89.9 Å². The van der Waals surface area contributed by atoms with Crippen molar-refractivity contribution in [3.63, 3.8) is 0 Å². The number of fused-ring (bicyclic) bond motifs is 9. The molecule has 3 aliphatic rings. The maximum atomic E-state index is 12.3. The molecule has 0 fully saturated rings. The molecule has 0 heterocycles. The third kappa shape index (κ3) is 11.9. The Bertz CT molecular complexity index is 3720. The predicted molar refractivity (Wildman–Crippen MR) is 374 cm³/mol. The average molecular weight is 1180 g/mol. The Labute approximate surface area is 533 Å². The fourth-order valence-electron chi connectivity index (χ4n) is 14.3. The van der Waals surface area contributed by atoms with Crippen LogP contribution >= 0.6 is 0 Å². The van der Waals surface area contributed by atoms with Crippen LogP contribution < -0.4 is 5.32 Å². The lowest BCUT2D eigenvalue weighted by Gasteiger charge is -2.33. The molecule has 9 aromatic carbocycles. The number of nitrogens with one attached hydrogen (secondary N) is 1. The Morgan fingerprint density at radius 3 is 0.933 bits per heavy atom. The van der Waals surface area contributed by atoms with Crippen LogP contribution in [0.5, 0.6) is 17.2 Å². The number of likely N-dealkylation sites (N-methyl/N-ethyl adjacent to an activating group) is 2. The van der Waals surface area contributed by atoms with Crippen LogP contribution in [-0.2, 0) is 45.6 Å². The number of unbranched alkanes of at least 4 members (excludes halogenated alkanes) is 1. The van der Waals surface area contributed by atoms with E-state index in [-0.39, 0.29) is 21.7 Å². The minimum Gasteiger partial charge on any atom is -0.508 e. The highest BCUT2D eigenvalue weighted by molar-refractivity contribution is 5.86. The third-order valence-corrected chi connectivity index (χ3v) is 19.7. The summed E-state index contributed by atoms with van der Waals surface area (Å²) in [6.45, 7) is 34.5. The van der Waals surface area contributed by atoms with E-state index >= 15 is 0 Å². The number of hydrogen-bond acceptors (Lipinski definition) is 6. The maximum absolute atomic E-state index is 12.3. The molecular weight excluding hydrogens is 1090 g/mol. The van der Waals surface area contributed by atoms with Crippen molar-refractivity contribution in [3.8, 4) is 50.6 Å². The van der Waals surface area contributed by atoms with E-state index in [0.717, 1.165) is 53.9 Å². The minimum absolute atomic E-state index is 0.0381. The first-order chi connectivity index (χ1) is 42.2. The molecule has 0 saturated carbocycles. The molecule has 0 spiro atoms. The van der Waals surface area contributed by atoms with Crippen molar-refractivity contribution in [1.82, 2.24) is 15.1 Å². The lowest BCUT2D eigenvalue weighted by Crippen LogP contribution is -2.31. The summed E-state index contributed by atoms with van der Waals surface area (Å²) in [5.41, 5.74) is 21.9. The topological polar surface area (TPSA) is 79.2 Å². The second-order valence-electron chi connectivity index (χ2n) is 29.0. The first-order valence-electron chi connectivity index (χ1n) is 32.2. The number of rotatable bonds is 13. The monoisotopic (exact) mass is 1180 g/mol. The molecular formula is C83H96N3O3+. The largest absolute Gasteiger partial charge is 0.508 e. The van der Waals surface area contributed by atoms with Crippen molar-refractivity contribution in [3.05, 3.63) is 273 Å². The van der Waals surface area contributed by atoms with Crippen LogP contribution in [0.25, 0.3) is 33.4 Å². The van der Waals surface area contributed by atoms with Gasteiger partial charge >= 0.3 is 0 Å². The molecule has 9 aromatic rings. The molecule has 0 unspecified atom stereocenters. The molecule has 0 radical (unpaired) electrons. The average Bonchev–Trinajstić information content (AvgIpc) is 1.61. The second kappa shape index (κ2) is 24.8. The van der Waals surface area contributed by atoms with E-state index in [2.05, 4.69) is 295 Å². The van der Waals surface area contributed by atoms with Crippen LogP contribution in [0.4, 0.5) is 0 Å². The first kappa shape index (κ1) is 64.1. The van der Waals surface area contributed by atoms with Crippen molar-refractivity contribution in [2.75, 3.05) is 40.8 Å². The summed E-state index contributed by atoms with van der Waals surface area (Å²) in [7, 11) is 6.24. The van der Waals surface area contributed by atoms with E-state index in [1.54, 1.807) is 0 Å². The lowest BCUT2D eigenvalue weighted by atomic mass is 9.71. The summed E-state index contributed by atoms with van der Waals surface area (Å²) in [6.07, 6.45) is 2.23. The number of aromatic hydroxyl groups is 3. The number of nitrogens with zero attached hydrogens (tertiary/aromatic N) is 2. The third-order valence-electron chi connectivity index (χ3n) is 19.7. The Hall–Kier alpha value is -7.87. The highest BCUT2D eigenvalue weighted by Crippen LogP contribution is 2.58. The normalized spacial score (nSPS) is 14.6. The van der Waals surface area contributed by atoms with Gasteiger partial charge < -0.3 is 30.4 Å². The van der Waals surface area contributed by atoms with Crippen molar-refractivity contribution < 1.29 is 15.3 Å². The Morgan fingerprint density at radius 2 is 0.663 bits per heavy atom. The van der Waals surface area contributed by atoms with Gasteiger partial charge in [0.25, 0.3) is 0 Å². The highest BCUT2D eigenvalue weighted by atomic mass is 16.3. The molecule has 89 heavy (non-hydrogen) atoms. The Morgan fingerprint density at radius 1 is 0.382 bits per heavy atom. The van der Waals surface area contributed by atoms with Gasteiger partial charge in [0, 0.05) is 70.2 Å². The zero-order chi connectivity index (χ0) is 64.0. The smallest absolute Gasteiger partial charge is 0.124 e. The van der Waals surface area contributed by atoms with Crippen LogP contribution in [0.15, 0.2) is 188 Å². The van der Waals surface area contributed by atoms with Crippen LogP contribution in [0.2, 0.25) is 0 Å². The van der Waals surface area contributed by atoms with Gasteiger partial charge in [0.05, 0.1) is 13.3 Å². The zero-order valence-corrected chi connectivity index (χ0v) is 55.8. The number of phenols is 3. The molecule has 460 valence electrons. The van der Waals surface area contributed by atoms with Gasteiger partial charge in [-0.3, -0.25) is 0 Å². The van der Waals surface area contributed by atoms with Crippen molar-refractivity contribution in [2.45, 2.75) is 142 Å². The van der Waals surface area contributed by atoms with Crippen LogP contribution in [0.3, 0.4) is 0 Å². The van der Waals surface area contributed by atoms with Gasteiger partial charge in [-0.25, -0.2) is 0 Å². The van der Waals surface area contributed by atoms with Gasteiger partial charge in [0.2, 0.25) is 0 Å². The second-order valence-corrected chi connectivity index (χ2v) is 29.0. The minimum atomic E-state index is -0.492.